The SMILES string of the molecule is CCC(C)(C)ONOC. The molecule has 0 rings (SSSR count). The van der Waals surface area contributed by atoms with Crippen molar-refractivity contribution in [2.75, 3.05) is 7.11 Å². The summed E-state index contributed by atoms with van der Waals surface area (Å²) < 4.78 is 0. The van der Waals surface area contributed by atoms with Gasteiger partial charge in [-0.3, -0.25) is 9.68 Å². The van der Waals surface area contributed by atoms with Crippen LogP contribution in [-0.4, -0.2) is 12.7 Å². The highest BCUT2D eigenvalue weighted by Gasteiger charge is 2.14. The molecule has 0 saturated heterocycles. The van der Waals surface area contributed by atoms with E-state index in [0.717, 1.165) is 6.42 Å². The van der Waals surface area contributed by atoms with Crippen molar-refractivity contribution in [2.45, 2.75) is 32.8 Å². The summed E-state index contributed by atoms with van der Waals surface area (Å²) in [5.74, 6) is 0. The molecule has 0 spiro atoms. The van der Waals surface area contributed by atoms with Crippen LogP contribution in [0, 0.1) is 0 Å². The first-order chi connectivity index (χ1) is 4.12. The summed E-state index contributed by atoms with van der Waals surface area (Å²) in [6.07, 6.45) is 0.948. The third-order valence-corrected chi connectivity index (χ3v) is 1.25. The molecule has 56 valence electrons. The van der Waals surface area contributed by atoms with Gasteiger partial charge in [0.2, 0.25) is 0 Å². The van der Waals surface area contributed by atoms with Gasteiger partial charge in [0.05, 0.1) is 12.7 Å². The van der Waals surface area contributed by atoms with E-state index in [-0.39, 0.29) is 5.60 Å². The smallest absolute Gasteiger partial charge is 0.0865 e. The van der Waals surface area contributed by atoms with Gasteiger partial charge in [-0.1, -0.05) is 12.6 Å². The lowest BCUT2D eigenvalue weighted by Gasteiger charge is -2.21. The molecule has 0 radical (unpaired) electrons. The molecule has 0 saturated carbocycles. The van der Waals surface area contributed by atoms with Gasteiger partial charge in [0, 0.05) is 0 Å². The third-order valence-electron chi connectivity index (χ3n) is 1.25. The Kier molecular flexibility index (Phi) is 3.77. The number of nitrogens with one attached hydrogen (secondary N) is 1. The van der Waals surface area contributed by atoms with Crippen molar-refractivity contribution in [3.63, 3.8) is 0 Å². The highest BCUT2D eigenvalue weighted by Crippen LogP contribution is 2.10. The molecule has 9 heavy (non-hydrogen) atoms. The van der Waals surface area contributed by atoms with Gasteiger partial charge in [-0.15, -0.1) is 0 Å². The second-order valence-corrected chi connectivity index (χ2v) is 2.50. The van der Waals surface area contributed by atoms with Gasteiger partial charge >= 0.3 is 0 Å². The highest BCUT2D eigenvalue weighted by molar-refractivity contribution is 4.62. The Morgan fingerprint density at radius 2 is 2.00 bits per heavy atom. The van der Waals surface area contributed by atoms with E-state index in [9.17, 15) is 0 Å². The van der Waals surface area contributed by atoms with Crippen LogP contribution in [0.1, 0.15) is 27.2 Å². The van der Waals surface area contributed by atoms with Crippen molar-refractivity contribution in [1.82, 2.24) is 5.64 Å². The fraction of sp³-hybridized carbons (Fsp3) is 1.00. The fourth-order valence-corrected chi connectivity index (χ4v) is 0.227. The molecular weight excluding hydrogens is 118 g/mol. The van der Waals surface area contributed by atoms with E-state index in [1.54, 1.807) is 0 Å². The van der Waals surface area contributed by atoms with Crippen LogP contribution >= 0.6 is 0 Å². The standard InChI is InChI=1S/C6H15NO2/c1-5-6(2,3)9-7-8-4/h7H,5H2,1-4H3. The first-order valence-electron chi connectivity index (χ1n) is 3.08. The lowest BCUT2D eigenvalue weighted by atomic mass is 10.1. The van der Waals surface area contributed by atoms with Gasteiger partial charge < -0.3 is 0 Å². The van der Waals surface area contributed by atoms with Crippen LogP contribution in [0.15, 0.2) is 0 Å². The van der Waals surface area contributed by atoms with E-state index < -0.39 is 0 Å². The molecule has 0 aromatic carbocycles. The molecular formula is C6H15NO2. The summed E-state index contributed by atoms with van der Waals surface area (Å²) >= 11 is 0. The maximum absolute atomic E-state index is 5.06. The van der Waals surface area contributed by atoms with Crippen molar-refractivity contribution in [2.24, 2.45) is 0 Å². The van der Waals surface area contributed by atoms with Gasteiger partial charge in [0.1, 0.15) is 0 Å². The molecule has 0 aliphatic rings. The highest BCUT2D eigenvalue weighted by atomic mass is 16.9. The molecule has 3 heteroatoms. The monoisotopic (exact) mass is 133 g/mol. The summed E-state index contributed by atoms with van der Waals surface area (Å²) in [4.78, 5) is 9.56. The van der Waals surface area contributed by atoms with E-state index in [4.69, 9.17) is 4.84 Å². The Balaban J connectivity index is 3.33. The lowest BCUT2D eigenvalue weighted by molar-refractivity contribution is -0.214. The van der Waals surface area contributed by atoms with Gasteiger partial charge in [-0.25, -0.2) is 0 Å². The minimum absolute atomic E-state index is 0.143. The molecule has 0 fully saturated rings. The minimum Gasteiger partial charge on any atom is -0.280 e. The maximum atomic E-state index is 5.06. The first-order valence-corrected chi connectivity index (χ1v) is 3.08. The quantitative estimate of drug-likeness (QED) is 0.585. The Morgan fingerprint density at radius 3 is 2.33 bits per heavy atom. The zero-order chi connectivity index (χ0) is 7.33. The normalized spacial score (nSPS) is 12.0. The van der Waals surface area contributed by atoms with Crippen LogP contribution in [0.25, 0.3) is 0 Å². The van der Waals surface area contributed by atoms with Crippen LogP contribution in [-0.2, 0) is 9.68 Å². The largest absolute Gasteiger partial charge is 0.280 e. The van der Waals surface area contributed by atoms with Crippen molar-refractivity contribution < 1.29 is 9.68 Å². The van der Waals surface area contributed by atoms with Crippen molar-refractivity contribution >= 4 is 0 Å². The summed E-state index contributed by atoms with van der Waals surface area (Å²) in [7, 11) is 1.52. The van der Waals surface area contributed by atoms with Gasteiger partial charge in [0.25, 0.3) is 0 Å². The zero-order valence-corrected chi connectivity index (χ0v) is 6.52. The zero-order valence-electron chi connectivity index (χ0n) is 6.52. The van der Waals surface area contributed by atoms with Crippen molar-refractivity contribution in [3.8, 4) is 0 Å². The molecule has 0 aliphatic carbocycles. The van der Waals surface area contributed by atoms with Gasteiger partial charge in [-0.05, 0) is 20.3 Å². The predicted octanol–water partition coefficient (Wildman–Crippen LogP) is 1.26. The summed E-state index contributed by atoms with van der Waals surface area (Å²) in [5.41, 5.74) is 2.20. The topological polar surface area (TPSA) is 30.5 Å². The van der Waals surface area contributed by atoms with E-state index in [0.29, 0.717) is 0 Å². The average molecular weight is 133 g/mol. The third kappa shape index (κ3) is 4.39. The molecule has 0 aromatic heterocycles. The number of hydrogen-bond donors (Lipinski definition) is 1. The van der Waals surface area contributed by atoms with Crippen LogP contribution in [0.4, 0.5) is 0 Å². The predicted molar refractivity (Wildman–Crippen MR) is 35.6 cm³/mol. The fourth-order valence-electron chi connectivity index (χ4n) is 0.227. The minimum atomic E-state index is -0.143. The average Bonchev–Trinajstić information content (AvgIpc) is 1.84. The Bertz CT molecular complexity index is 73.5. The molecule has 0 aromatic rings. The van der Waals surface area contributed by atoms with E-state index in [1.165, 1.54) is 7.11 Å². The molecule has 0 heterocycles. The van der Waals surface area contributed by atoms with Crippen LogP contribution in [0.3, 0.4) is 0 Å². The Hall–Kier alpha value is -0.120. The maximum Gasteiger partial charge on any atom is 0.0865 e. The Morgan fingerprint density at radius 1 is 1.44 bits per heavy atom. The summed E-state index contributed by atoms with van der Waals surface area (Å²) in [5, 5.41) is 0. The molecule has 3 nitrogen and oxygen atoms in total. The van der Waals surface area contributed by atoms with Gasteiger partial charge in [-0.2, -0.15) is 0 Å². The van der Waals surface area contributed by atoms with Gasteiger partial charge in [0.15, 0.2) is 0 Å². The number of hydrogen-bond acceptors (Lipinski definition) is 3. The van der Waals surface area contributed by atoms with Crippen LogP contribution in [0.5, 0.6) is 0 Å². The van der Waals surface area contributed by atoms with E-state index in [1.807, 2.05) is 13.8 Å². The van der Waals surface area contributed by atoms with E-state index >= 15 is 0 Å². The molecule has 0 amide bonds. The first kappa shape index (κ1) is 8.88. The molecule has 0 bridgehead atoms. The lowest BCUT2D eigenvalue weighted by Crippen LogP contribution is -2.30. The molecule has 0 aliphatic heterocycles. The Labute approximate surface area is 56.2 Å². The summed E-state index contributed by atoms with van der Waals surface area (Å²) in [6, 6.07) is 0. The van der Waals surface area contributed by atoms with E-state index in [2.05, 4.69) is 17.4 Å². The van der Waals surface area contributed by atoms with Crippen molar-refractivity contribution in [3.05, 3.63) is 0 Å². The van der Waals surface area contributed by atoms with Crippen molar-refractivity contribution in [1.29, 1.82) is 0 Å². The summed E-state index contributed by atoms with van der Waals surface area (Å²) in [6.45, 7) is 6.02. The second-order valence-electron chi connectivity index (χ2n) is 2.50. The van der Waals surface area contributed by atoms with Crippen LogP contribution < -0.4 is 5.64 Å². The molecule has 1 N–H and O–H groups in total. The number of rotatable bonds is 4. The molecule has 0 unspecified atom stereocenters. The van der Waals surface area contributed by atoms with Crippen LogP contribution in [0.2, 0.25) is 0 Å². The molecule has 0 atom stereocenters. The second kappa shape index (κ2) is 3.82.